The Morgan fingerprint density at radius 1 is 0.900 bits per heavy atom. The number of aromatic nitrogens is 1. The monoisotopic (exact) mass is 406 g/mol. The minimum absolute atomic E-state index is 0.0535. The fraction of sp³-hybridized carbons (Fsp3) is 0.360. The highest BCUT2D eigenvalue weighted by Gasteiger charge is 2.31. The lowest BCUT2D eigenvalue weighted by Gasteiger charge is -2.32. The summed E-state index contributed by atoms with van der Waals surface area (Å²) in [7, 11) is 5.00. The Morgan fingerprint density at radius 3 is 2.47 bits per heavy atom. The zero-order valence-electron chi connectivity index (χ0n) is 18.2. The molecule has 5 heteroatoms. The molecule has 1 aliphatic rings. The highest BCUT2D eigenvalue weighted by Crippen LogP contribution is 2.46. The molecule has 1 aliphatic heterocycles. The van der Waals surface area contributed by atoms with Crippen LogP contribution in [-0.4, -0.2) is 37.3 Å². The van der Waals surface area contributed by atoms with Gasteiger partial charge >= 0.3 is 0 Å². The Kier molecular flexibility index (Phi) is 6.00. The molecule has 158 valence electrons. The Labute approximate surface area is 178 Å². The van der Waals surface area contributed by atoms with Gasteiger partial charge in [0.2, 0.25) is 5.75 Å². The topological polar surface area (TPSA) is 35.9 Å². The molecule has 2 aromatic carbocycles. The second-order valence-electron chi connectivity index (χ2n) is 7.77. The predicted octanol–water partition coefficient (Wildman–Crippen LogP) is 4.82. The Hall–Kier alpha value is -2.92. The van der Waals surface area contributed by atoms with Crippen LogP contribution in [0.3, 0.4) is 0 Å². The average molecular weight is 407 g/mol. The lowest BCUT2D eigenvalue weighted by atomic mass is 9.98. The van der Waals surface area contributed by atoms with Gasteiger partial charge in [0.1, 0.15) is 0 Å². The lowest BCUT2D eigenvalue weighted by Crippen LogP contribution is -2.30. The maximum absolute atomic E-state index is 5.87. The minimum atomic E-state index is 0.0535. The molecule has 1 atom stereocenters. The van der Waals surface area contributed by atoms with Crippen molar-refractivity contribution in [1.29, 1.82) is 0 Å². The van der Waals surface area contributed by atoms with Crippen LogP contribution in [0, 0.1) is 6.92 Å². The predicted molar refractivity (Wildman–Crippen MR) is 119 cm³/mol. The van der Waals surface area contributed by atoms with E-state index in [-0.39, 0.29) is 6.04 Å². The number of benzene rings is 2. The number of rotatable bonds is 6. The minimum Gasteiger partial charge on any atom is -0.493 e. The van der Waals surface area contributed by atoms with Gasteiger partial charge in [0.05, 0.1) is 27.4 Å². The fourth-order valence-electron chi connectivity index (χ4n) is 4.55. The number of nitrogens with zero attached hydrogens (tertiary/aromatic N) is 2. The smallest absolute Gasteiger partial charge is 0.203 e. The summed E-state index contributed by atoms with van der Waals surface area (Å²) in [6, 6.07) is 17.2. The molecule has 0 aliphatic carbocycles. The first-order chi connectivity index (χ1) is 14.7. The molecule has 1 aromatic heterocycles. The highest BCUT2D eigenvalue weighted by atomic mass is 16.5. The van der Waals surface area contributed by atoms with Crippen LogP contribution in [0.25, 0.3) is 0 Å². The first-order valence-corrected chi connectivity index (χ1v) is 10.4. The molecule has 0 radical (unpaired) electrons. The van der Waals surface area contributed by atoms with E-state index in [0.717, 1.165) is 37.4 Å². The van der Waals surface area contributed by atoms with E-state index in [2.05, 4.69) is 65.1 Å². The summed E-state index contributed by atoms with van der Waals surface area (Å²) in [5.41, 5.74) is 4.96. The van der Waals surface area contributed by atoms with Gasteiger partial charge in [0.25, 0.3) is 0 Å². The van der Waals surface area contributed by atoms with Crippen molar-refractivity contribution in [3.63, 3.8) is 0 Å². The molecule has 30 heavy (non-hydrogen) atoms. The van der Waals surface area contributed by atoms with Gasteiger partial charge in [-0.25, -0.2) is 0 Å². The molecule has 5 nitrogen and oxygen atoms in total. The number of fused-ring (bicyclic) bond motifs is 1. The highest BCUT2D eigenvalue weighted by molar-refractivity contribution is 5.58. The normalized spacial score (nSPS) is 16.6. The molecule has 2 heterocycles. The van der Waals surface area contributed by atoms with E-state index in [1.165, 1.54) is 16.8 Å². The second-order valence-corrected chi connectivity index (χ2v) is 7.77. The quantitative estimate of drug-likeness (QED) is 0.588. The third-order valence-corrected chi connectivity index (χ3v) is 5.85. The number of hydrogen-bond donors (Lipinski definition) is 0. The molecule has 0 saturated heterocycles. The van der Waals surface area contributed by atoms with Crippen LogP contribution in [0.2, 0.25) is 0 Å². The molecule has 0 N–H and O–H groups in total. The summed E-state index contributed by atoms with van der Waals surface area (Å²) in [6.45, 7) is 5.03. The maximum atomic E-state index is 5.87. The van der Waals surface area contributed by atoms with Gasteiger partial charge in [0, 0.05) is 37.1 Å². The first-order valence-electron chi connectivity index (χ1n) is 10.4. The van der Waals surface area contributed by atoms with Crippen molar-refractivity contribution < 1.29 is 14.2 Å². The molecule has 4 rings (SSSR count). The summed E-state index contributed by atoms with van der Waals surface area (Å²) >= 11 is 0. The van der Waals surface area contributed by atoms with Gasteiger partial charge < -0.3 is 18.8 Å². The molecule has 0 spiro atoms. The summed E-state index contributed by atoms with van der Waals surface area (Å²) in [5.74, 6) is 2.04. The zero-order valence-corrected chi connectivity index (χ0v) is 18.2. The Morgan fingerprint density at radius 2 is 1.73 bits per heavy atom. The number of aryl methyl sites for hydroxylation is 2. The van der Waals surface area contributed by atoms with Gasteiger partial charge in [0.15, 0.2) is 11.5 Å². The van der Waals surface area contributed by atoms with Crippen LogP contribution in [0.1, 0.15) is 34.8 Å². The van der Waals surface area contributed by atoms with Crippen molar-refractivity contribution in [2.75, 3.05) is 27.9 Å². The number of ether oxygens (including phenoxy) is 3. The Bertz CT molecular complexity index is 1010. The third-order valence-electron chi connectivity index (χ3n) is 5.85. The van der Waals surface area contributed by atoms with Crippen LogP contribution < -0.4 is 14.2 Å². The van der Waals surface area contributed by atoms with Crippen LogP contribution in [0.4, 0.5) is 0 Å². The van der Waals surface area contributed by atoms with Crippen molar-refractivity contribution >= 4 is 0 Å². The molecular formula is C25H30N2O3. The van der Waals surface area contributed by atoms with E-state index in [9.17, 15) is 0 Å². The summed E-state index contributed by atoms with van der Waals surface area (Å²) in [6.07, 6.45) is 3.27. The van der Waals surface area contributed by atoms with Gasteiger partial charge in [-0.1, -0.05) is 29.8 Å². The Balaban J connectivity index is 1.84. The fourth-order valence-corrected chi connectivity index (χ4v) is 4.55. The van der Waals surface area contributed by atoms with E-state index in [0.29, 0.717) is 11.5 Å². The van der Waals surface area contributed by atoms with Gasteiger partial charge in [-0.05, 0) is 43.2 Å². The van der Waals surface area contributed by atoms with E-state index in [1.807, 2.05) is 6.07 Å². The largest absolute Gasteiger partial charge is 0.493 e. The zero-order chi connectivity index (χ0) is 21.1. The van der Waals surface area contributed by atoms with Crippen LogP contribution in [0.15, 0.2) is 54.7 Å². The molecule has 0 saturated carbocycles. The standard InChI is InChI=1S/C25H30N2O3/c1-18-8-5-9-19(16-18)17-27-15-7-14-26-13-6-10-21(26)23(27)20-11-12-22(28-2)25(30-4)24(20)29-3/h5-6,8-13,16,23H,7,14-15,17H2,1-4H3/t23-/m1/s1. The summed E-state index contributed by atoms with van der Waals surface area (Å²) in [4.78, 5) is 2.54. The molecule has 0 unspecified atom stereocenters. The van der Waals surface area contributed by atoms with Crippen molar-refractivity contribution in [2.45, 2.75) is 32.5 Å². The summed E-state index contributed by atoms with van der Waals surface area (Å²) < 4.78 is 19.4. The molecule has 0 amide bonds. The van der Waals surface area contributed by atoms with E-state index in [1.54, 1.807) is 21.3 Å². The molecule has 3 aromatic rings. The first kappa shape index (κ1) is 20.4. The molecule has 0 fully saturated rings. The van der Waals surface area contributed by atoms with E-state index < -0.39 is 0 Å². The lowest BCUT2D eigenvalue weighted by molar-refractivity contribution is 0.214. The van der Waals surface area contributed by atoms with E-state index in [4.69, 9.17) is 14.2 Å². The van der Waals surface area contributed by atoms with Gasteiger partial charge in [-0.2, -0.15) is 0 Å². The van der Waals surface area contributed by atoms with Crippen molar-refractivity contribution in [3.05, 3.63) is 77.1 Å². The molecular weight excluding hydrogens is 376 g/mol. The van der Waals surface area contributed by atoms with Crippen LogP contribution in [0.5, 0.6) is 17.2 Å². The maximum Gasteiger partial charge on any atom is 0.203 e. The van der Waals surface area contributed by atoms with Crippen LogP contribution >= 0.6 is 0 Å². The van der Waals surface area contributed by atoms with E-state index >= 15 is 0 Å². The summed E-state index contributed by atoms with van der Waals surface area (Å²) in [5, 5.41) is 0. The number of methoxy groups -OCH3 is 3. The van der Waals surface area contributed by atoms with Crippen molar-refractivity contribution in [3.8, 4) is 17.2 Å². The average Bonchev–Trinajstić information content (AvgIpc) is 3.14. The van der Waals surface area contributed by atoms with Gasteiger partial charge in [-0.15, -0.1) is 0 Å². The third kappa shape index (κ3) is 3.77. The number of hydrogen-bond acceptors (Lipinski definition) is 4. The van der Waals surface area contributed by atoms with Crippen molar-refractivity contribution in [1.82, 2.24) is 9.47 Å². The SMILES string of the molecule is COc1ccc([C@@H]2c3cccn3CCCN2Cc2cccc(C)c2)c(OC)c1OC. The second kappa shape index (κ2) is 8.84. The van der Waals surface area contributed by atoms with Crippen molar-refractivity contribution in [2.24, 2.45) is 0 Å². The van der Waals surface area contributed by atoms with Crippen LogP contribution in [-0.2, 0) is 13.1 Å². The van der Waals surface area contributed by atoms with Gasteiger partial charge in [-0.3, -0.25) is 4.90 Å². The molecule has 0 bridgehead atoms.